The van der Waals surface area contributed by atoms with E-state index in [4.69, 9.17) is 15.2 Å². The Morgan fingerprint density at radius 1 is 1.25 bits per heavy atom. The number of hydrogen-bond acceptors (Lipinski definition) is 3. The third kappa shape index (κ3) is 4.29. The van der Waals surface area contributed by atoms with Gasteiger partial charge >= 0.3 is 0 Å². The van der Waals surface area contributed by atoms with Crippen molar-refractivity contribution in [3.8, 4) is 11.5 Å². The summed E-state index contributed by atoms with van der Waals surface area (Å²) in [6.07, 6.45) is 1.01. The van der Waals surface area contributed by atoms with Crippen LogP contribution in [0, 0.1) is 0 Å². The van der Waals surface area contributed by atoms with Gasteiger partial charge in [-0.2, -0.15) is 0 Å². The van der Waals surface area contributed by atoms with Crippen LogP contribution in [0.15, 0.2) is 18.2 Å². The molecule has 16 heavy (non-hydrogen) atoms. The van der Waals surface area contributed by atoms with E-state index in [0.29, 0.717) is 6.54 Å². The Kier molecular flexibility index (Phi) is 6.93. The lowest BCUT2D eigenvalue weighted by Gasteiger charge is -2.14. The van der Waals surface area contributed by atoms with Gasteiger partial charge in [-0.25, -0.2) is 0 Å². The maximum atomic E-state index is 5.61. The van der Waals surface area contributed by atoms with Crippen molar-refractivity contribution in [3.05, 3.63) is 23.8 Å². The molecule has 0 fully saturated rings. The maximum Gasteiger partial charge on any atom is 0.161 e. The Balaban J connectivity index is 0.00000225. The van der Waals surface area contributed by atoms with Crippen LogP contribution in [0.5, 0.6) is 11.5 Å². The summed E-state index contributed by atoms with van der Waals surface area (Å²) in [5.74, 6) is 1.56. The van der Waals surface area contributed by atoms with Gasteiger partial charge in [0.2, 0.25) is 0 Å². The van der Waals surface area contributed by atoms with Gasteiger partial charge in [0.05, 0.1) is 13.2 Å². The molecule has 0 bridgehead atoms. The molecule has 0 heterocycles. The van der Waals surface area contributed by atoms with Gasteiger partial charge in [-0.15, -0.1) is 12.4 Å². The standard InChI is InChI=1S/C12H19NO2.ClH/c1-9(2)15-11-5-4-10(6-7-13)8-12(11)14-3;/h4-5,8-9H,6-7,13H2,1-3H3;1H. The van der Waals surface area contributed by atoms with Crippen LogP contribution >= 0.6 is 12.4 Å². The fourth-order valence-electron chi connectivity index (χ4n) is 1.39. The highest BCUT2D eigenvalue weighted by atomic mass is 35.5. The van der Waals surface area contributed by atoms with Gasteiger partial charge in [0.15, 0.2) is 11.5 Å². The number of benzene rings is 1. The van der Waals surface area contributed by atoms with Gasteiger partial charge in [-0.1, -0.05) is 6.07 Å². The zero-order valence-corrected chi connectivity index (χ0v) is 10.8. The largest absolute Gasteiger partial charge is 0.493 e. The quantitative estimate of drug-likeness (QED) is 0.867. The summed E-state index contributed by atoms with van der Waals surface area (Å²) in [6.45, 7) is 4.63. The van der Waals surface area contributed by atoms with E-state index < -0.39 is 0 Å². The number of nitrogens with two attached hydrogens (primary N) is 1. The maximum absolute atomic E-state index is 5.61. The molecule has 1 rings (SSSR count). The fraction of sp³-hybridized carbons (Fsp3) is 0.500. The van der Waals surface area contributed by atoms with Gasteiger partial charge in [0.25, 0.3) is 0 Å². The molecule has 2 N–H and O–H groups in total. The topological polar surface area (TPSA) is 44.5 Å². The zero-order chi connectivity index (χ0) is 11.3. The normalized spacial score (nSPS) is 9.81. The lowest BCUT2D eigenvalue weighted by atomic mass is 10.1. The SMILES string of the molecule is COc1cc(CCN)ccc1OC(C)C.Cl. The first kappa shape index (κ1) is 15.1. The predicted octanol–water partition coefficient (Wildman–Crippen LogP) is 2.41. The molecule has 0 saturated heterocycles. The third-order valence-electron chi connectivity index (χ3n) is 2.02. The second-order valence-corrected chi connectivity index (χ2v) is 3.69. The predicted molar refractivity (Wildman–Crippen MR) is 68.8 cm³/mol. The minimum atomic E-state index is 0. The third-order valence-corrected chi connectivity index (χ3v) is 2.02. The number of hydrogen-bond donors (Lipinski definition) is 1. The molecular formula is C12H20ClNO2. The number of methoxy groups -OCH3 is 1. The van der Waals surface area contributed by atoms with E-state index in [1.807, 2.05) is 32.0 Å². The van der Waals surface area contributed by atoms with Crippen molar-refractivity contribution in [3.63, 3.8) is 0 Å². The first-order chi connectivity index (χ1) is 7.17. The van der Waals surface area contributed by atoms with E-state index in [2.05, 4.69) is 0 Å². The summed E-state index contributed by atoms with van der Waals surface area (Å²) in [5.41, 5.74) is 6.67. The Labute approximate surface area is 103 Å². The number of halogens is 1. The highest BCUT2D eigenvalue weighted by Crippen LogP contribution is 2.28. The molecule has 0 amide bonds. The van der Waals surface area contributed by atoms with Crippen molar-refractivity contribution in [2.45, 2.75) is 26.4 Å². The molecule has 0 aromatic heterocycles. The summed E-state index contributed by atoms with van der Waals surface area (Å²) in [4.78, 5) is 0. The lowest BCUT2D eigenvalue weighted by Crippen LogP contribution is -2.07. The van der Waals surface area contributed by atoms with Crippen LogP contribution in [0.2, 0.25) is 0 Å². The molecule has 0 aliphatic carbocycles. The second-order valence-electron chi connectivity index (χ2n) is 3.69. The van der Waals surface area contributed by atoms with Crippen LogP contribution < -0.4 is 15.2 Å². The molecule has 4 heteroatoms. The fourth-order valence-corrected chi connectivity index (χ4v) is 1.39. The van der Waals surface area contributed by atoms with Crippen molar-refractivity contribution >= 4 is 12.4 Å². The van der Waals surface area contributed by atoms with Crippen LogP contribution in [0.3, 0.4) is 0 Å². The molecule has 0 atom stereocenters. The molecular weight excluding hydrogens is 226 g/mol. The van der Waals surface area contributed by atoms with E-state index >= 15 is 0 Å². The van der Waals surface area contributed by atoms with Gasteiger partial charge in [0.1, 0.15) is 0 Å². The Morgan fingerprint density at radius 2 is 1.94 bits per heavy atom. The molecule has 0 radical (unpaired) electrons. The highest BCUT2D eigenvalue weighted by molar-refractivity contribution is 5.85. The van der Waals surface area contributed by atoms with Crippen LogP contribution in [0.1, 0.15) is 19.4 Å². The average molecular weight is 246 g/mol. The monoisotopic (exact) mass is 245 g/mol. The lowest BCUT2D eigenvalue weighted by molar-refractivity contribution is 0.230. The van der Waals surface area contributed by atoms with Crippen molar-refractivity contribution in [2.75, 3.05) is 13.7 Å². The van der Waals surface area contributed by atoms with Crippen LogP contribution in [-0.4, -0.2) is 19.8 Å². The summed E-state index contributed by atoms with van der Waals surface area (Å²) in [5, 5.41) is 0. The second kappa shape index (κ2) is 7.36. The smallest absolute Gasteiger partial charge is 0.161 e. The van der Waals surface area contributed by atoms with Gasteiger partial charge < -0.3 is 15.2 Å². The van der Waals surface area contributed by atoms with Crippen LogP contribution in [-0.2, 0) is 6.42 Å². The number of rotatable bonds is 5. The zero-order valence-electron chi connectivity index (χ0n) is 10.0. The molecule has 1 aromatic rings. The van der Waals surface area contributed by atoms with Crippen molar-refractivity contribution in [2.24, 2.45) is 5.73 Å². The van der Waals surface area contributed by atoms with Gasteiger partial charge in [-0.05, 0) is 44.5 Å². The summed E-state index contributed by atoms with van der Waals surface area (Å²) >= 11 is 0. The summed E-state index contributed by atoms with van der Waals surface area (Å²) < 4.78 is 10.9. The Morgan fingerprint density at radius 3 is 2.44 bits per heavy atom. The molecule has 0 saturated carbocycles. The van der Waals surface area contributed by atoms with Crippen LogP contribution in [0.4, 0.5) is 0 Å². The Hall–Kier alpha value is -0.930. The molecule has 0 unspecified atom stereocenters. The molecule has 1 aromatic carbocycles. The first-order valence-electron chi connectivity index (χ1n) is 5.21. The highest BCUT2D eigenvalue weighted by Gasteiger charge is 2.06. The first-order valence-corrected chi connectivity index (χ1v) is 5.21. The molecule has 0 aliphatic heterocycles. The molecule has 3 nitrogen and oxygen atoms in total. The Bertz CT molecular complexity index is 316. The van der Waals surface area contributed by atoms with E-state index in [-0.39, 0.29) is 18.5 Å². The summed E-state index contributed by atoms with van der Waals surface area (Å²) in [6, 6.07) is 5.93. The van der Waals surface area contributed by atoms with E-state index in [0.717, 1.165) is 17.9 Å². The minimum Gasteiger partial charge on any atom is -0.493 e. The summed E-state index contributed by atoms with van der Waals surface area (Å²) in [7, 11) is 1.65. The van der Waals surface area contributed by atoms with E-state index in [1.165, 1.54) is 5.56 Å². The molecule has 0 aliphatic rings. The molecule has 0 spiro atoms. The van der Waals surface area contributed by atoms with E-state index in [1.54, 1.807) is 7.11 Å². The van der Waals surface area contributed by atoms with Crippen molar-refractivity contribution in [1.82, 2.24) is 0 Å². The van der Waals surface area contributed by atoms with Crippen LogP contribution in [0.25, 0.3) is 0 Å². The van der Waals surface area contributed by atoms with E-state index in [9.17, 15) is 0 Å². The van der Waals surface area contributed by atoms with Crippen molar-refractivity contribution in [1.29, 1.82) is 0 Å². The van der Waals surface area contributed by atoms with Gasteiger partial charge in [-0.3, -0.25) is 0 Å². The van der Waals surface area contributed by atoms with Gasteiger partial charge in [0, 0.05) is 0 Å². The molecule has 92 valence electrons. The average Bonchev–Trinajstić information content (AvgIpc) is 2.20. The van der Waals surface area contributed by atoms with Crippen molar-refractivity contribution < 1.29 is 9.47 Å². The number of ether oxygens (including phenoxy) is 2. The minimum absolute atomic E-state index is 0.